The van der Waals surface area contributed by atoms with Gasteiger partial charge in [0.05, 0.1) is 4.90 Å². The summed E-state index contributed by atoms with van der Waals surface area (Å²) in [5.41, 5.74) is 0. The van der Waals surface area contributed by atoms with Crippen LogP contribution in [0.5, 0.6) is 0 Å². The van der Waals surface area contributed by atoms with Crippen LogP contribution in [0.1, 0.15) is 13.3 Å². The lowest BCUT2D eigenvalue weighted by atomic mass is 10.2. The van der Waals surface area contributed by atoms with Gasteiger partial charge in [0.25, 0.3) is 0 Å². The highest BCUT2D eigenvalue weighted by Crippen LogP contribution is 2.39. The van der Waals surface area contributed by atoms with Crippen molar-refractivity contribution in [1.82, 2.24) is 9.21 Å². The van der Waals surface area contributed by atoms with Gasteiger partial charge in [0.2, 0.25) is 15.9 Å². The van der Waals surface area contributed by atoms with E-state index in [1.165, 1.54) is 4.31 Å². The highest BCUT2D eigenvalue weighted by atomic mass is 79.9. The molecule has 1 saturated heterocycles. The number of benzene rings is 1. The molecule has 1 aliphatic heterocycles. The number of carbonyl (C=O) groups is 1. The molecule has 5 nitrogen and oxygen atoms in total. The first-order chi connectivity index (χ1) is 10.4. The van der Waals surface area contributed by atoms with Gasteiger partial charge < -0.3 is 4.90 Å². The van der Waals surface area contributed by atoms with E-state index in [4.69, 9.17) is 0 Å². The monoisotopic (exact) mass is 386 g/mol. The highest BCUT2D eigenvalue weighted by molar-refractivity contribution is 9.10. The van der Waals surface area contributed by atoms with Crippen molar-refractivity contribution in [3.05, 3.63) is 28.7 Å². The predicted octanol–water partition coefficient (Wildman–Crippen LogP) is 1.94. The molecule has 0 aromatic heterocycles. The molecule has 2 fully saturated rings. The van der Waals surface area contributed by atoms with Gasteiger partial charge in [0, 0.05) is 36.6 Å². The number of carbonyl (C=O) groups excluding carboxylic acids is 1. The van der Waals surface area contributed by atoms with Crippen LogP contribution in [0, 0.1) is 11.8 Å². The van der Waals surface area contributed by atoms with E-state index in [1.807, 2.05) is 0 Å². The fourth-order valence-electron chi connectivity index (χ4n) is 2.84. The third kappa shape index (κ3) is 2.94. The zero-order valence-corrected chi connectivity index (χ0v) is 14.8. The predicted molar refractivity (Wildman–Crippen MR) is 86.8 cm³/mol. The SMILES string of the molecule is C[C@@H]1C[C@H]1C(=O)N1CCN(S(=O)(=O)c2ccccc2Br)CC1. The molecule has 22 heavy (non-hydrogen) atoms. The molecule has 1 saturated carbocycles. The van der Waals surface area contributed by atoms with Crippen molar-refractivity contribution < 1.29 is 13.2 Å². The van der Waals surface area contributed by atoms with E-state index < -0.39 is 10.0 Å². The molecular weight excluding hydrogens is 368 g/mol. The lowest BCUT2D eigenvalue weighted by Gasteiger charge is -2.34. The summed E-state index contributed by atoms with van der Waals surface area (Å²) in [7, 11) is -3.51. The topological polar surface area (TPSA) is 57.7 Å². The van der Waals surface area contributed by atoms with Crippen molar-refractivity contribution in [1.29, 1.82) is 0 Å². The lowest BCUT2D eigenvalue weighted by molar-refractivity contribution is -0.134. The number of hydrogen-bond donors (Lipinski definition) is 0. The Labute approximate surface area is 139 Å². The van der Waals surface area contributed by atoms with Crippen molar-refractivity contribution in [2.75, 3.05) is 26.2 Å². The Kier molecular flexibility index (Phi) is 4.31. The summed E-state index contributed by atoms with van der Waals surface area (Å²) in [6.45, 7) is 3.75. The number of amides is 1. The van der Waals surface area contributed by atoms with Crippen LogP contribution >= 0.6 is 15.9 Å². The first kappa shape index (κ1) is 16.0. The Morgan fingerprint density at radius 2 is 1.77 bits per heavy atom. The minimum Gasteiger partial charge on any atom is -0.340 e. The Morgan fingerprint density at radius 1 is 1.18 bits per heavy atom. The van der Waals surface area contributed by atoms with E-state index in [0.717, 1.165) is 6.42 Å². The molecule has 120 valence electrons. The molecule has 7 heteroatoms. The summed E-state index contributed by atoms with van der Waals surface area (Å²) in [6, 6.07) is 6.83. The number of nitrogens with zero attached hydrogens (tertiary/aromatic N) is 2. The Morgan fingerprint density at radius 3 is 2.32 bits per heavy atom. The number of piperazine rings is 1. The minimum atomic E-state index is -3.51. The van der Waals surface area contributed by atoms with Crippen LogP contribution in [0.2, 0.25) is 0 Å². The third-order valence-electron chi connectivity index (χ3n) is 4.43. The van der Waals surface area contributed by atoms with Gasteiger partial charge in [0.1, 0.15) is 0 Å². The first-order valence-corrected chi connectivity index (χ1v) is 9.68. The van der Waals surface area contributed by atoms with Gasteiger partial charge in [0.15, 0.2) is 0 Å². The fourth-order valence-corrected chi connectivity index (χ4v) is 5.23. The van der Waals surface area contributed by atoms with Crippen molar-refractivity contribution in [2.45, 2.75) is 18.2 Å². The standard InChI is InChI=1S/C15H19BrN2O3S/c1-11-10-12(11)15(19)17-6-8-18(9-7-17)22(20,21)14-5-3-2-4-13(14)16/h2-5,11-12H,6-10H2,1H3/t11-,12-/m1/s1. The largest absolute Gasteiger partial charge is 0.340 e. The lowest BCUT2D eigenvalue weighted by Crippen LogP contribution is -2.51. The number of halogens is 1. The van der Waals surface area contributed by atoms with E-state index in [1.54, 1.807) is 29.2 Å². The van der Waals surface area contributed by atoms with Crippen LogP contribution in [0.15, 0.2) is 33.6 Å². The van der Waals surface area contributed by atoms with E-state index in [2.05, 4.69) is 22.9 Å². The molecule has 0 bridgehead atoms. The molecule has 1 aromatic carbocycles. The molecule has 2 atom stereocenters. The summed E-state index contributed by atoms with van der Waals surface area (Å²) < 4.78 is 27.4. The average molecular weight is 387 g/mol. The van der Waals surface area contributed by atoms with Crippen LogP contribution in [-0.4, -0.2) is 49.7 Å². The van der Waals surface area contributed by atoms with Crippen molar-refractivity contribution in [3.63, 3.8) is 0 Å². The molecule has 0 unspecified atom stereocenters. The van der Waals surface area contributed by atoms with Crippen LogP contribution in [0.4, 0.5) is 0 Å². The minimum absolute atomic E-state index is 0.159. The van der Waals surface area contributed by atoms with Crippen LogP contribution < -0.4 is 0 Å². The molecule has 1 aromatic rings. The number of hydrogen-bond acceptors (Lipinski definition) is 3. The van der Waals surface area contributed by atoms with Crippen molar-refractivity contribution in [3.8, 4) is 0 Å². The maximum absolute atomic E-state index is 12.7. The molecule has 0 radical (unpaired) electrons. The second kappa shape index (κ2) is 5.94. The van der Waals surface area contributed by atoms with Gasteiger partial charge in [-0.1, -0.05) is 19.1 Å². The third-order valence-corrected chi connectivity index (χ3v) is 7.34. The normalized spacial score (nSPS) is 26.0. The Bertz CT molecular complexity index is 684. The van der Waals surface area contributed by atoms with Gasteiger partial charge >= 0.3 is 0 Å². The number of rotatable bonds is 3. The maximum atomic E-state index is 12.7. The van der Waals surface area contributed by atoms with Crippen molar-refractivity contribution >= 4 is 31.9 Å². The van der Waals surface area contributed by atoms with E-state index >= 15 is 0 Å². The fraction of sp³-hybridized carbons (Fsp3) is 0.533. The molecule has 2 aliphatic rings. The van der Waals surface area contributed by atoms with Gasteiger partial charge in [-0.2, -0.15) is 4.31 Å². The highest BCUT2D eigenvalue weighted by Gasteiger charge is 2.42. The van der Waals surface area contributed by atoms with E-state index in [9.17, 15) is 13.2 Å². The summed E-state index contributed by atoms with van der Waals surface area (Å²) in [4.78, 5) is 14.3. The molecule has 1 aliphatic carbocycles. The Hall–Kier alpha value is -0.920. The quantitative estimate of drug-likeness (QED) is 0.797. The van der Waals surface area contributed by atoms with Gasteiger partial charge in [-0.25, -0.2) is 8.42 Å². The van der Waals surface area contributed by atoms with Crippen molar-refractivity contribution in [2.24, 2.45) is 11.8 Å². The Balaban J connectivity index is 1.68. The van der Waals surface area contributed by atoms with Gasteiger partial charge in [-0.3, -0.25) is 4.79 Å². The molecule has 1 amide bonds. The smallest absolute Gasteiger partial charge is 0.244 e. The van der Waals surface area contributed by atoms with Gasteiger partial charge in [-0.05, 0) is 40.4 Å². The molecule has 0 spiro atoms. The first-order valence-electron chi connectivity index (χ1n) is 7.44. The summed E-state index contributed by atoms with van der Waals surface area (Å²) in [6.07, 6.45) is 0.967. The second-order valence-corrected chi connectivity index (χ2v) is 8.74. The zero-order chi connectivity index (χ0) is 15.9. The second-order valence-electron chi connectivity index (χ2n) is 5.98. The summed E-state index contributed by atoms with van der Waals surface area (Å²) in [5.74, 6) is 0.825. The van der Waals surface area contributed by atoms with Crippen LogP contribution in [0.3, 0.4) is 0 Å². The summed E-state index contributed by atoms with van der Waals surface area (Å²) >= 11 is 3.30. The average Bonchev–Trinajstić information content (AvgIpc) is 3.24. The molecule has 1 heterocycles. The number of sulfonamides is 1. The van der Waals surface area contributed by atoms with Gasteiger partial charge in [-0.15, -0.1) is 0 Å². The van der Waals surface area contributed by atoms with E-state index in [0.29, 0.717) is 36.6 Å². The molecular formula is C15H19BrN2O3S. The van der Waals surface area contributed by atoms with Crippen LogP contribution in [-0.2, 0) is 14.8 Å². The zero-order valence-electron chi connectivity index (χ0n) is 12.4. The van der Waals surface area contributed by atoms with E-state index in [-0.39, 0.29) is 16.7 Å². The molecule has 0 N–H and O–H groups in total. The maximum Gasteiger partial charge on any atom is 0.244 e. The van der Waals surface area contributed by atoms with Crippen LogP contribution in [0.25, 0.3) is 0 Å². The summed E-state index contributed by atoms with van der Waals surface area (Å²) in [5, 5.41) is 0. The molecule has 3 rings (SSSR count).